The molecule has 1 aromatic heterocycles. The van der Waals surface area contributed by atoms with Crippen LogP contribution < -0.4 is 10.2 Å². The van der Waals surface area contributed by atoms with Crippen LogP contribution in [0.25, 0.3) is 0 Å². The SMILES string of the molecule is Cc1cc(N2CCn3cccc3C2)cc(C)c1NC(=O)CCc1ccc(Cl)cc1Cl. The molecule has 6 heteroatoms. The van der Waals surface area contributed by atoms with Gasteiger partial charge in [-0.25, -0.2) is 0 Å². The average Bonchev–Trinajstić information content (AvgIpc) is 3.17. The van der Waals surface area contributed by atoms with Gasteiger partial charge in [0.25, 0.3) is 0 Å². The van der Waals surface area contributed by atoms with Gasteiger partial charge in [-0.05, 0) is 73.4 Å². The maximum atomic E-state index is 12.6. The third-order valence-corrected chi connectivity index (χ3v) is 6.26. The zero-order chi connectivity index (χ0) is 21.3. The van der Waals surface area contributed by atoms with Gasteiger partial charge in [-0.3, -0.25) is 4.79 Å². The summed E-state index contributed by atoms with van der Waals surface area (Å²) in [5.74, 6) is -0.0178. The van der Waals surface area contributed by atoms with Crippen molar-refractivity contribution >= 4 is 40.5 Å². The standard InChI is InChI=1S/C24H25Cl2N3O/c1-16-12-21(29-11-10-28-9-3-4-20(28)15-29)13-17(2)24(16)27-23(30)8-6-18-5-7-19(25)14-22(18)26/h3-5,7,9,12-14H,6,8,10-11,15H2,1-2H3,(H,27,30). The van der Waals surface area contributed by atoms with Crippen LogP contribution in [-0.4, -0.2) is 17.0 Å². The van der Waals surface area contributed by atoms with Gasteiger partial charge in [0.05, 0.1) is 6.54 Å². The first-order valence-corrected chi connectivity index (χ1v) is 10.9. The predicted molar refractivity (Wildman–Crippen MR) is 125 cm³/mol. The number of aromatic nitrogens is 1. The molecule has 0 saturated carbocycles. The predicted octanol–water partition coefficient (Wildman–Crippen LogP) is 6.00. The molecule has 1 aliphatic heterocycles. The third kappa shape index (κ3) is 4.50. The zero-order valence-electron chi connectivity index (χ0n) is 17.2. The van der Waals surface area contributed by atoms with Crippen LogP contribution in [0.2, 0.25) is 10.0 Å². The molecular formula is C24H25Cl2N3O. The smallest absolute Gasteiger partial charge is 0.224 e. The van der Waals surface area contributed by atoms with Crippen LogP contribution in [0.5, 0.6) is 0 Å². The molecule has 4 nitrogen and oxygen atoms in total. The molecule has 4 rings (SSSR count). The number of aryl methyl sites for hydroxylation is 3. The fourth-order valence-corrected chi connectivity index (χ4v) is 4.53. The molecule has 0 fully saturated rings. The van der Waals surface area contributed by atoms with Gasteiger partial charge in [-0.15, -0.1) is 0 Å². The Morgan fingerprint density at radius 1 is 1.07 bits per heavy atom. The molecule has 0 bridgehead atoms. The lowest BCUT2D eigenvalue weighted by atomic mass is 10.1. The third-order valence-electron chi connectivity index (χ3n) is 5.67. The summed E-state index contributed by atoms with van der Waals surface area (Å²) in [5, 5.41) is 4.29. The molecule has 0 spiro atoms. The quantitative estimate of drug-likeness (QED) is 0.526. The number of amides is 1. The first-order valence-electron chi connectivity index (χ1n) is 10.1. The van der Waals surface area contributed by atoms with Crippen LogP contribution in [0.1, 0.15) is 28.8 Å². The highest BCUT2D eigenvalue weighted by Crippen LogP contribution is 2.30. The molecule has 30 heavy (non-hydrogen) atoms. The minimum atomic E-state index is -0.0178. The van der Waals surface area contributed by atoms with E-state index in [4.69, 9.17) is 23.2 Å². The number of nitrogens with one attached hydrogen (secondary N) is 1. The molecule has 0 saturated heterocycles. The summed E-state index contributed by atoms with van der Waals surface area (Å²) in [5.41, 5.74) is 6.49. The second-order valence-corrected chi connectivity index (χ2v) is 8.70. The van der Waals surface area contributed by atoms with Crippen LogP contribution in [0, 0.1) is 13.8 Å². The van der Waals surface area contributed by atoms with Gasteiger partial charge >= 0.3 is 0 Å². The van der Waals surface area contributed by atoms with E-state index < -0.39 is 0 Å². The van der Waals surface area contributed by atoms with Crippen LogP contribution in [-0.2, 0) is 24.3 Å². The van der Waals surface area contributed by atoms with E-state index in [9.17, 15) is 4.79 Å². The Bertz CT molecular complexity index is 1070. The molecule has 0 aliphatic carbocycles. The molecule has 0 atom stereocenters. The number of fused-ring (bicyclic) bond motifs is 1. The van der Waals surface area contributed by atoms with E-state index in [2.05, 4.69) is 59.1 Å². The highest BCUT2D eigenvalue weighted by molar-refractivity contribution is 6.35. The van der Waals surface area contributed by atoms with Gasteiger partial charge in [-0.2, -0.15) is 0 Å². The van der Waals surface area contributed by atoms with Crippen LogP contribution in [0.15, 0.2) is 48.7 Å². The molecule has 0 radical (unpaired) electrons. The maximum Gasteiger partial charge on any atom is 0.224 e. The normalized spacial score (nSPS) is 13.3. The molecule has 1 amide bonds. The van der Waals surface area contributed by atoms with Crippen molar-refractivity contribution in [3.63, 3.8) is 0 Å². The van der Waals surface area contributed by atoms with Gasteiger partial charge in [0, 0.05) is 52.8 Å². The summed E-state index contributed by atoms with van der Waals surface area (Å²) in [6.45, 7) is 6.98. The van der Waals surface area contributed by atoms with Crippen molar-refractivity contribution in [1.82, 2.24) is 4.57 Å². The maximum absolute atomic E-state index is 12.6. The highest BCUT2D eigenvalue weighted by Gasteiger charge is 2.18. The Morgan fingerprint density at radius 2 is 1.83 bits per heavy atom. The molecule has 3 aromatic rings. The van der Waals surface area contributed by atoms with Crippen LogP contribution >= 0.6 is 23.2 Å². The second kappa shape index (κ2) is 8.75. The Balaban J connectivity index is 1.42. The summed E-state index contributed by atoms with van der Waals surface area (Å²) in [6.07, 6.45) is 3.08. The van der Waals surface area contributed by atoms with Crippen molar-refractivity contribution in [2.24, 2.45) is 0 Å². The minimum absolute atomic E-state index is 0.0178. The number of hydrogen-bond donors (Lipinski definition) is 1. The highest BCUT2D eigenvalue weighted by atomic mass is 35.5. The van der Waals surface area contributed by atoms with E-state index >= 15 is 0 Å². The van der Waals surface area contributed by atoms with E-state index in [0.717, 1.165) is 42.0 Å². The fraction of sp³-hybridized carbons (Fsp3) is 0.292. The van der Waals surface area contributed by atoms with Crippen molar-refractivity contribution in [2.45, 2.75) is 39.8 Å². The minimum Gasteiger partial charge on any atom is -0.364 e. The second-order valence-electron chi connectivity index (χ2n) is 7.85. The number of halogens is 2. The Morgan fingerprint density at radius 3 is 2.57 bits per heavy atom. The molecule has 2 aromatic carbocycles. The van der Waals surface area contributed by atoms with Crippen molar-refractivity contribution in [2.75, 3.05) is 16.8 Å². The van der Waals surface area contributed by atoms with Crippen LogP contribution in [0.4, 0.5) is 11.4 Å². The number of anilines is 2. The topological polar surface area (TPSA) is 37.3 Å². The number of carbonyl (C=O) groups is 1. The largest absolute Gasteiger partial charge is 0.364 e. The average molecular weight is 442 g/mol. The molecule has 1 N–H and O–H groups in total. The van der Waals surface area contributed by atoms with Gasteiger partial charge < -0.3 is 14.8 Å². The summed E-state index contributed by atoms with van der Waals surface area (Å²) < 4.78 is 2.30. The Hall–Kier alpha value is -2.43. The van der Waals surface area contributed by atoms with E-state index in [1.54, 1.807) is 12.1 Å². The summed E-state index contributed by atoms with van der Waals surface area (Å²) in [4.78, 5) is 15.0. The Kier molecular flexibility index (Phi) is 6.07. The van der Waals surface area contributed by atoms with Gasteiger partial charge in [-0.1, -0.05) is 29.3 Å². The van der Waals surface area contributed by atoms with E-state index in [0.29, 0.717) is 22.9 Å². The molecule has 0 unspecified atom stereocenters. The lowest BCUT2D eigenvalue weighted by Crippen LogP contribution is -2.33. The summed E-state index contributed by atoms with van der Waals surface area (Å²) >= 11 is 12.2. The van der Waals surface area contributed by atoms with Crippen molar-refractivity contribution in [3.05, 3.63) is 81.1 Å². The summed E-state index contributed by atoms with van der Waals surface area (Å²) in [6, 6.07) is 14.0. The van der Waals surface area contributed by atoms with Crippen LogP contribution in [0.3, 0.4) is 0 Å². The van der Waals surface area contributed by atoms with E-state index in [-0.39, 0.29) is 5.91 Å². The molecule has 156 valence electrons. The summed E-state index contributed by atoms with van der Waals surface area (Å²) in [7, 11) is 0. The van der Waals surface area contributed by atoms with E-state index in [1.165, 1.54) is 11.4 Å². The van der Waals surface area contributed by atoms with Gasteiger partial charge in [0.15, 0.2) is 0 Å². The van der Waals surface area contributed by atoms with E-state index in [1.807, 2.05) is 6.07 Å². The fourth-order valence-electron chi connectivity index (χ4n) is 4.03. The first kappa shape index (κ1) is 20.8. The first-order chi connectivity index (χ1) is 14.4. The molecular weight excluding hydrogens is 417 g/mol. The van der Waals surface area contributed by atoms with Crippen molar-refractivity contribution in [3.8, 4) is 0 Å². The Labute approximate surface area is 187 Å². The van der Waals surface area contributed by atoms with Crippen molar-refractivity contribution in [1.29, 1.82) is 0 Å². The number of nitrogens with zero attached hydrogens (tertiary/aromatic N) is 2. The monoisotopic (exact) mass is 441 g/mol. The van der Waals surface area contributed by atoms with Gasteiger partial charge in [0.2, 0.25) is 5.91 Å². The number of hydrogen-bond acceptors (Lipinski definition) is 2. The zero-order valence-corrected chi connectivity index (χ0v) is 18.7. The molecule has 1 aliphatic rings. The molecule has 2 heterocycles. The van der Waals surface area contributed by atoms with Crippen molar-refractivity contribution < 1.29 is 4.79 Å². The van der Waals surface area contributed by atoms with Gasteiger partial charge in [0.1, 0.15) is 0 Å². The lowest BCUT2D eigenvalue weighted by Gasteiger charge is -2.31. The number of benzene rings is 2. The lowest BCUT2D eigenvalue weighted by molar-refractivity contribution is -0.116. The number of carbonyl (C=O) groups excluding carboxylic acids is 1. The number of rotatable bonds is 5.